The van der Waals surface area contributed by atoms with Crippen molar-refractivity contribution in [2.75, 3.05) is 18.2 Å². The molecule has 0 fully saturated rings. The van der Waals surface area contributed by atoms with Gasteiger partial charge in [0.2, 0.25) is 0 Å². The number of pyridine rings is 1. The summed E-state index contributed by atoms with van der Waals surface area (Å²) in [6.07, 6.45) is 1.68. The van der Waals surface area contributed by atoms with Crippen LogP contribution in [0.1, 0.15) is 15.9 Å². The maximum absolute atomic E-state index is 11.4. The van der Waals surface area contributed by atoms with Crippen LogP contribution in [0.15, 0.2) is 36.5 Å². The summed E-state index contributed by atoms with van der Waals surface area (Å²) in [4.78, 5) is 15.6. The molecular weight excluding hydrogens is 242 g/mol. The van der Waals surface area contributed by atoms with Gasteiger partial charge in [0.15, 0.2) is 5.82 Å². The smallest absolute Gasteiger partial charge is 0.337 e. The van der Waals surface area contributed by atoms with Gasteiger partial charge < -0.3 is 15.8 Å². The van der Waals surface area contributed by atoms with Crippen molar-refractivity contribution in [3.8, 4) is 0 Å². The Morgan fingerprint density at radius 2 is 2.16 bits per heavy atom. The van der Waals surface area contributed by atoms with E-state index in [2.05, 4.69) is 15.0 Å². The molecule has 98 valence electrons. The first-order valence-corrected chi connectivity index (χ1v) is 5.78. The molecule has 0 aliphatic rings. The average Bonchev–Trinajstić information content (AvgIpc) is 2.43. The van der Waals surface area contributed by atoms with Crippen LogP contribution >= 0.6 is 0 Å². The number of ether oxygens (including phenoxy) is 1. The predicted molar refractivity (Wildman–Crippen MR) is 74.5 cm³/mol. The number of esters is 1. The molecule has 5 nitrogen and oxygen atoms in total. The number of rotatable bonds is 3. The number of benzene rings is 1. The number of hydrogen-bond acceptors (Lipinski definition) is 5. The summed E-state index contributed by atoms with van der Waals surface area (Å²) in [7, 11) is 1.35. The van der Waals surface area contributed by atoms with Crippen LogP contribution in [0, 0.1) is 6.92 Å². The van der Waals surface area contributed by atoms with Crippen molar-refractivity contribution in [1.29, 1.82) is 0 Å². The number of carbonyl (C=O) groups is 1. The molecule has 0 radical (unpaired) electrons. The van der Waals surface area contributed by atoms with Crippen LogP contribution in [-0.2, 0) is 4.74 Å². The monoisotopic (exact) mass is 257 g/mol. The number of aromatic nitrogens is 1. The maximum Gasteiger partial charge on any atom is 0.337 e. The van der Waals surface area contributed by atoms with Crippen molar-refractivity contribution in [2.24, 2.45) is 0 Å². The summed E-state index contributed by atoms with van der Waals surface area (Å²) in [6, 6.07) is 8.81. The molecule has 0 saturated carbocycles. The van der Waals surface area contributed by atoms with E-state index in [1.807, 2.05) is 19.1 Å². The molecule has 0 aliphatic heterocycles. The topological polar surface area (TPSA) is 77.2 Å². The lowest BCUT2D eigenvalue weighted by Crippen LogP contribution is -2.03. The van der Waals surface area contributed by atoms with E-state index in [0.717, 1.165) is 11.3 Å². The van der Waals surface area contributed by atoms with Crippen molar-refractivity contribution in [1.82, 2.24) is 4.98 Å². The Labute approximate surface area is 111 Å². The summed E-state index contributed by atoms with van der Waals surface area (Å²) >= 11 is 0. The Balaban J connectivity index is 2.28. The van der Waals surface area contributed by atoms with Crippen molar-refractivity contribution in [3.63, 3.8) is 0 Å². The molecule has 0 saturated heterocycles. The van der Waals surface area contributed by atoms with Gasteiger partial charge in [-0.15, -0.1) is 0 Å². The van der Waals surface area contributed by atoms with Crippen LogP contribution in [-0.4, -0.2) is 18.1 Å². The second-order valence-electron chi connectivity index (χ2n) is 4.09. The highest BCUT2D eigenvalue weighted by Crippen LogP contribution is 2.23. The molecule has 0 amide bonds. The first-order valence-electron chi connectivity index (χ1n) is 5.78. The van der Waals surface area contributed by atoms with Crippen LogP contribution in [0.25, 0.3) is 0 Å². The standard InChI is InChI=1S/C14H15N3O2/c1-9-6-7-16-13(12(9)15)17-11-5-3-4-10(8-11)14(18)19-2/h3-8H,15H2,1-2H3,(H,16,17). The van der Waals surface area contributed by atoms with Gasteiger partial charge in [-0.2, -0.15) is 0 Å². The van der Waals surface area contributed by atoms with Gasteiger partial charge in [-0.25, -0.2) is 9.78 Å². The Morgan fingerprint density at radius 1 is 1.37 bits per heavy atom. The number of nitrogens with zero attached hydrogens (tertiary/aromatic N) is 1. The van der Waals surface area contributed by atoms with E-state index in [-0.39, 0.29) is 5.97 Å². The molecule has 1 aromatic heterocycles. The fourth-order valence-corrected chi connectivity index (χ4v) is 1.65. The van der Waals surface area contributed by atoms with E-state index < -0.39 is 0 Å². The minimum Gasteiger partial charge on any atom is -0.465 e. The lowest BCUT2D eigenvalue weighted by Gasteiger charge is -2.10. The van der Waals surface area contributed by atoms with Crippen LogP contribution < -0.4 is 11.1 Å². The second-order valence-corrected chi connectivity index (χ2v) is 4.09. The fourth-order valence-electron chi connectivity index (χ4n) is 1.65. The Kier molecular flexibility index (Phi) is 3.66. The minimum absolute atomic E-state index is 0.381. The SMILES string of the molecule is COC(=O)c1cccc(Nc2nccc(C)c2N)c1. The first kappa shape index (κ1) is 12.9. The molecule has 0 spiro atoms. The van der Waals surface area contributed by atoms with Crippen molar-refractivity contribution in [2.45, 2.75) is 6.92 Å². The molecule has 2 aromatic rings. The average molecular weight is 257 g/mol. The first-order chi connectivity index (χ1) is 9.11. The number of hydrogen-bond donors (Lipinski definition) is 2. The summed E-state index contributed by atoms with van der Waals surface area (Å²) in [5.74, 6) is 0.191. The van der Waals surface area contributed by atoms with Crippen LogP contribution in [0.3, 0.4) is 0 Å². The van der Waals surface area contributed by atoms with Gasteiger partial charge in [0, 0.05) is 11.9 Å². The lowest BCUT2D eigenvalue weighted by atomic mass is 10.2. The number of aryl methyl sites for hydroxylation is 1. The third kappa shape index (κ3) is 2.82. The number of carbonyl (C=O) groups excluding carboxylic acids is 1. The lowest BCUT2D eigenvalue weighted by molar-refractivity contribution is 0.0601. The third-order valence-electron chi connectivity index (χ3n) is 2.75. The molecule has 3 N–H and O–H groups in total. The molecule has 2 rings (SSSR count). The van der Waals surface area contributed by atoms with E-state index >= 15 is 0 Å². The molecule has 5 heteroatoms. The molecular formula is C14H15N3O2. The van der Waals surface area contributed by atoms with Crippen molar-refractivity contribution >= 4 is 23.2 Å². The number of nitrogen functional groups attached to an aromatic ring is 1. The fraction of sp³-hybridized carbons (Fsp3) is 0.143. The van der Waals surface area contributed by atoms with Crippen LogP contribution in [0.5, 0.6) is 0 Å². The van der Waals surface area contributed by atoms with Gasteiger partial charge in [-0.1, -0.05) is 6.07 Å². The number of nitrogens with two attached hydrogens (primary N) is 1. The van der Waals surface area contributed by atoms with Gasteiger partial charge >= 0.3 is 5.97 Å². The molecule has 0 bridgehead atoms. The quantitative estimate of drug-likeness (QED) is 0.826. The van der Waals surface area contributed by atoms with E-state index in [0.29, 0.717) is 17.1 Å². The maximum atomic E-state index is 11.4. The molecule has 0 unspecified atom stereocenters. The van der Waals surface area contributed by atoms with Gasteiger partial charge in [-0.05, 0) is 36.8 Å². The van der Waals surface area contributed by atoms with E-state index in [4.69, 9.17) is 5.73 Å². The van der Waals surface area contributed by atoms with E-state index in [1.54, 1.807) is 24.4 Å². The van der Waals surface area contributed by atoms with E-state index in [1.165, 1.54) is 7.11 Å². The number of anilines is 3. The summed E-state index contributed by atoms with van der Waals surface area (Å²) < 4.78 is 4.68. The van der Waals surface area contributed by atoms with Crippen LogP contribution in [0.4, 0.5) is 17.2 Å². The Hall–Kier alpha value is -2.56. The zero-order chi connectivity index (χ0) is 13.8. The van der Waals surface area contributed by atoms with E-state index in [9.17, 15) is 4.79 Å². The van der Waals surface area contributed by atoms with Gasteiger partial charge in [0.1, 0.15) is 0 Å². The van der Waals surface area contributed by atoms with Crippen molar-refractivity contribution in [3.05, 3.63) is 47.7 Å². The van der Waals surface area contributed by atoms with Crippen molar-refractivity contribution < 1.29 is 9.53 Å². The molecule has 0 atom stereocenters. The molecule has 0 aliphatic carbocycles. The summed E-state index contributed by atoms with van der Waals surface area (Å²) in [5, 5.41) is 3.09. The number of nitrogens with one attached hydrogen (secondary N) is 1. The summed E-state index contributed by atoms with van der Waals surface area (Å²) in [6.45, 7) is 1.91. The molecule has 1 heterocycles. The zero-order valence-electron chi connectivity index (χ0n) is 10.8. The highest BCUT2D eigenvalue weighted by molar-refractivity contribution is 5.90. The summed E-state index contributed by atoms with van der Waals surface area (Å²) in [5.41, 5.74) is 8.67. The van der Waals surface area contributed by atoms with Gasteiger partial charge in [-0.3, -0.25) is 0 Å². The molecule has 19 heavy (non-hydrogen) atoms. The predicted octanol–water partition coefficient (Wildman–Crippen LogP) is 2.50. The third-order valence-corrected chi connectivity index (χ3v) is 2.75. The van der Waals surface area contributed by atoms with Gasteiger partial charge in [0.25, 0.3) is 0 Å². The number of methoxy groups -OCH3 is 1. The second kappa shape index (κ2) is 5.39. The normalized spacial score (nSPS) is 10.0. The Morgan fingerprint density at radius 3 is 2.89 bits per heavy atom. The largest absolute Gasteiger partial charge is 0.465 e. The van der Waals surface area contributed by atoms with Gasteiger partial charge in [0.05, 0.1) is 18.4 Å². The van der Waals surface area contributed by atoms with Crippen LogP contribution in [0.2, 0.25) is 0 Å². The molecule has 1 aromatic carbocycles. The highest BCUT2D eigenvalue weighted by atomic mass is 16.5. The minimum atomic E-state index is -0.381. The highest BCUT2D eigenvalue weighted by Gasteiger charge is 2.07. The zero-order valence-corrected chi connectivity index (χ0v) is 10.8. The Bertz CT molecular complexity index is 611.